The van der Waals surface area contributed by atoms with E-state index in [0.717, 1.165) is 19.4 Å². The van der Waals surface area contributed by atoms with Crippen molar-refractivity contribution in [1.82, 2.24) is 0 Å². The van der Waals surface area contributed by atoms with E-state index in [4.69, 9.17) is 16.9 Å². The Morgan fingerprint density at radius 1 is 1.09 bits per heavy atom. The van der Waals surface area contributed by atoms with Crippen LogP contribution in [0.15, 0.2) is 0 Å². The number of unbranched alkanes of at least 4 members (excludes halogenated alkanes) is 4. The van der Waals surface area contributed by atoms with Crippen LogP contribution in [0.2, 0.25) is 0 Å². The Morgan fingerprint density at radius 3 is 2.36 bits per heavy atom. The molecule has 0 radical (unpaired) electrons. The van der Waals surface area contributed by atoms with Crippen molar-refractivity contribution in [2.75, 3.05) is 13.2 Å². The first-order chi connectivity index (χ1) is 5.41. The second-order valence-electron chi connectivity index (χ2n) is 2.52. The molecule has 0 aromatic heterocycles. The van der Waals surface area contributed by atoms with Crippen LogP contribution in [-0.2, 0) is 4.74 Å². The van der Waals surface area contributed by atoms with Gasteiger partial charge in [0.2, 0.25) is 0 Å². The molecule has 0 unspecified atom stereocenters. The lowest BCUT2D eigenvalue weighted by molar-refractivity contribution is 0.267. The Kier molecular flexibility index (Phi) is 8.74. The average Bonchev–Trinajstić information content (AvgIpc) is 2.03. The van der Waals surface area contributed by atoms with Crippen LogP contribution in [0.1, 0.15) is 32.1 Å². The fraction of sp³-hybridized carbons (Fsp3) is 0.778. The molecule has 0 aliphatic heterocycles. The maximum atomic E-state index is 5.34. The molecule has 0 saturated carbocycles. The van der Waals surface area contributed by atoms with Gasteiger partial charge in [-0.15, -0.1) is 0 Å². The van der Waals surface area contributed by atoms with Crippen LogP contribution < -0.4 is 5.73 Å². The first-order valence-electron chi connectivity index (χ1n) is 4.19. The molecule has 0 fully saturated rings. The topological polar surface area (TPSA) is 35.2 Å². The first-order valence-corrected chi connectivity index (χ1v) is 4.19. The quantitative estimate of drug-likeness (QED) is 0.446. The van der Waals surface area contributed by atoms with Gasteiger partial charge in [-0.25, -0.2) is 0 Å². The third-order valence-electron chi connectivity index (χ3n) is 1.53. The Balaban J connectivity index is 2.75. The van der Waals surface area contributed by atoms with E-state index in [-0.39, 0.29) is 0 Å². The summed E-state index contributed by atoms with van der Waals surface area (Å²) in [5, 5.41) is 0. The number of hydrogen-bond donors (Lipinski definition) is 1. The molecule has 0 aliphatic rings. The molecule has 0 amide bonds. The zero-order valence-corrected chi connectivity index (χ0v) is 7.01. The van der Waals surface area contributed by atoms with Crippen LogP contribution in [0.25, 0.3) is 0 Å². The van der Waals surface area contributed by atoms with Crippen molar-refractivity contribution >= 4 is 0 Å². The number of ether oxygens (including phenoxy) is 1. The Bertz CT molecular complexity index is 107. The smallest absolute Gasteiger partial charge is 0.106 e. The van der Waals surface area contributed by atoms with Gasteiger partial charge in [-0.1, -0.05) is 25.7 Å². The van der Waals surface area contributed by atoms with Gasteiger partial charge in [-0.2, -0.15) is 0 Å². The highest BCUT2D eigenvalue weighted by Gasteiger charge is 1.88. The summed E-state index contributed by atoms with van der Waals surface area (Å²) in [6.07, 6.45) is 12.9. The third kappa shape index (κ3) is 9.32. The minimum atomic E-state index is 0.694. The van der Waals surface area contributed by atoms with E-state index in [9.17, 15) is 0 Å². The van der Waals surface area contributed by atoms with Crippen molar-refractivity contribution in [3.05, 3.63) is 0 Å². The van der Waals surface area contributed by atoms with E-state index in [2.05, 4.69) is 6.11 Å². The first kappa shape index (κ1) is 10.3. The Morgan fingerprint density at radius 2 is 1.73 bits per heavy atom. The Labute approximate surface area is 69.1 Å². The van der Waals surface area contributed by atoms with E-state index in [0.29, 0.717) is 6.61 Å². The molecule has 0 heterocycles. The molecule has 0 saturated heterocycles. The lowest BCUT2D eigenvalue weighted by Gasteiger charge is -1.98. The zero-order chi connectivity index (χ0) is 8.36. The number of hydrogen-bond acceptors (Lipinski definition) is 2. The lowest BCUT2D eigenvalue weighted by Crippen LogP contribution is -1.97. The summed E-state index contributed by atoms with van der Waals surface area (Å²) in [6.45, 7) is 1.50. The number of rotatable bonds is 7. The minimum absolute atomic E-state index is 0.694. The van der Waals surface area contributed by atoms with Crippen LogP contribution in [0.4, 0.5) is 0 Å². The van der Waals surface area contributed by atoms with Crippen molar-refractivity contribution in [2.45, 2.75) is 32.1 Å². The van der Waals surface area contributed by atoms with Gasteiger partial charge in [-0.05, 0) is 19.4 Å². The summed E-state index contributed by atoms with van der Waals surface area (Å²) in [4.78, 5) is 0. The molecule has 0 spiro atoms. The van der Waals surface area contributed by atoms with Crippen molar-refractivity contribution < 1.29 is 4.74 Å². The summed E-state index contributed by atoms with van der Waals surface area (Å²) in [5.74, 6) is 0. The number of terminal acetylenes is 1. The van der Waals surface area contributed by atoms with Crippen LogP contribution >= 0.6 is 0 Å². The third-order valence-corrected chi connectivity index (χ3v) is 1.53. The molecule has 2 N–H and O–H groups in total. The largest absolute Gasteiger partial charge is 0.447 e. The highest BCUT2D eigenvalue weighted by atomic mass is 16.5. The SMILES string of the molecule is C#COCCCCCCCN. The van der Waals surface area contributed by atoms with Crippen molar-refractivity contribution in [2.24, 2.45) is 5.73 Å². The fourth-order valence-electron chi connectivity index (χ4n) is 0.908. The van der Waals surface area contributed by atoms with Gasteiger partial charge in [-0.3, -0.25) is 0 Å². The van der Waals surface area contributed by atoms with E-state index in [1.165, 1.54) is 19.3 Å². The van der Waals surface area contributed by atoms with Crippen LogP contribution in [-0.4, -0.2) is 13.2 Å². The molecule has 0 aliphatic carbocycles. The molecule has 11 heavy (non-hydrogen) atoms. The molecule has 0 aromatic rings. The van der Waals surface area contributed by atoms with Gasteiger partial charge in [0.05, 0.1) is 0 Å². The van der Waals surface area contributed by atoms with Crippen molar-refractivity contribution in [3.8, 4) is 12.5 Å². The predicted molar refractivity (Wildman–Crippen MR) is 46.9 cm³/mol. The maximum absolute atomic E-state index is 5.34. The van der Waals surface area contributed by atoms with Crippen molar-refractivity contribution in [3.63, 3.8) is 0 Å². The normalized spacial score (nSPS) is 9.09. The van der Waals surface area contributed by atoms with Gasteiger partial charge in [0.15, 0.2) is 0 Å². The lowest BCUT2D eigenvalue weighted by atomic mass is 10.1. The maximum Gasteiger partial charge on any atom is 0.106 e. The van der Waals surface area contributed by atoms with Crippen molar-refractivity contribution in [1.29, 1.82) is 0 Å². The molecule has 0 aromatic carbocycles. The molecule has 0 rings (SSSR count). The molecule has 2 heteroatoms. The summed E-state index contributed by atoms with van der Waals surface area (Å²) < 4.78 is 4.74. The highest BCUT2D eigenvalue weighted by Crippen LogP contribution is 2.01. The predicted octanol–water partition coefficient (Wildman–Crippen LogP) is 1.50. The van der Waals surface area contributed by atoms with E-state index in [1.807, 2.05) is 0 Å². The van der Waals surface area contributed by atoms with Gasteiger partial charge in [0.25, 0.3) is 0 Å². The summed E-state index contributed by atoms with van der Waals surface area (Å²) in [5.41, 5.74) is 5.34. The fourth-order valence-corrected chi connectivity index (χ4v) is 0.908. The van der Waals surface area contributed by atoms with E-state index >= 15 is 0 Å². The molecule has 64 valence electrons. The molecular formula is C9H17NO. The monoisotopic (exact) mass is 155 g/mol. The molecular weight excluding hydrogens is 138 g/mol. The van der Waals surface area contributed by atoms with Gasteiger partial charge >= 0.3 is 0 Å². The van der Waals surface area contributed by atoms with Crippen LogP contribution in [0, 0.1) is 12.5 Å². The van der Waals surface area contributed by atoms with Gasteiger partial charge in [0.1, 0.15) is 12.7 Å². The number of nitrogens with two attached hydrogens (primary N) is 1. The molecule has 0 bridgehead atoms. The standard InChI is InChI=1S/C9H17NO/c1-2-11-9-7-5-3-4-6-8-10/h1H,3-10H2. The van der Waals surface area contributed by atoms with E-state index < -0.39 is 0 Å². The average molecular weight is 155 g/mol. The zero-order valence-electron chi connectivity index (χ0n) is 7.01. The van der Waals surface area contributed by atoms with Crippen LogP contribution in [0.3, 0.4) is 0 Å². The second-order valence-corrected chi connectivity index (χ2v) is 2.52. The Hall–Kier alpha value is -0.680. The van der Waals surface area contributed by atoms with Gasteiger partial charge < -0.3 is 10.5 Å². The second kappa shape index (κ2) is 9.32. The summed E-state index contributed by atoms with van der Waals surface area (Å²) in [6, 6.07) is 0. The van der Waals surface area contributed by atoms with Crippen LogP contribution in [0.5, 0.6) is 0 Å². The summed E-state index contributed by atoms with van der Waals surface area (Å²) in [7, 11) is 0. The van der Waals surface area contributed by atoms with Gasteiger partial charge in [0, 0.05) is 0 Å². The highest BCUT2D eigenvalue weighted by molar-refractivity contribution is 4.67. The minimum Gasteiger partial charge on any atom is -0.447 e. The van der Waals surface area contributed by atoms with E-state index in [1.54, 1.807) is 0 Å². The molecule has 2 nitrogen and oxygen atoms in total. The summed E-state index contributed by atoms with van der Waals surface area (Å²) >= 11 is 0. The molecule has 0 atom stereocenters.